The topological polar surface area (TPSA) is 83.6 Å². The first-order chi connectivity index (χ1) is 13.5. The van der Waals surface area contributed by atoms with E-state index in [9.17, 15) is 16.8 Å². The number of benzene rings is 2. The lowest BCUT2D eigenvalue weighted by atomic mass is 10.0. The molecule has 1 heterocycles. The zero-order chi connectivity index (χ0) is 21.4. The van der Waals surface area contributed by atoms with Crippen molar-refractivity contribution in [3.8, 4) is 0 Å². The van der Waals surface area contributed by atoms with E-state index in [1.165, 1.54) is 34.6 Å². The third-order valence-corrected chi connectivity index (χ3v) is 9.08. The van der Waals surface area contributed by atoms with Crippen LogP contribution in [0.15, 0.2) is 46.2 Å². The van der Waals surface area contributed by atoms with Crippen molar-refractivity contribution in [2.75, 3.05) is 17.8 Å². The highest BCUT2D eigenvalue weighted by Gasteiger charge is 2.28. The molecule has 0 unspecified atom stereocenters. The number of hydrogen-bond acceptors (Lipinski definition) is 4. The number of nitrogens with one attached hydrogen (secondary N) is 1. The summed E-state index contributed by atoms with van der Waals surface area (Å²) in [7, 11) is -7.67. The van der Waals surface area contributed by atoms with Crippen LogP contribution in [0.25, 0.3) is 0 Å². The lowest BCUT2D eigenvalue weighted by Crippen LogP contribution is -2.39. The first-order valence-corrected chi connectivity index (χ1v) is 12.8. The number of anilines is 1. The Hall–Kier alpha value is -1.03. The highest BCUT2D eigenvalue weighted by Crippen LogP contribution is 2.33. The van der Waals surface area contributed by atoms with Crippen molar-refractivity contribution in [1.82, 2.24) is 4.31 Å². The molecular formula is C18H19Cl3N2O4S2. The second kappa shape index (κ2) is 8.61. The summed E-state index contributed by atoms with van der Waals surface area (Å²) in [6.07, 6.45) is 1.83. The monoisotopic (exact) mass is 496 g/mol. The maximum absolute atomic E-state index is 12.8. The van der Waals surface area contributed by atoms with Crippen molar-refractivity contribution in [2.24, 2.45) is 5.92 Å². The highest BCUT2D eigenvalue weighted by atomic mass is 35.5. The number of piperidine rings is 1. The van der Waals surface area contributed by atoms with Gasteiger partial charge in [-0.25, -0.2) is 16.8 Å². The Bertz CT molecular complexity index is 1120. The fraction of sp³-hybridized carbons (Fsp3) is 0.333. The van der Waals surface area contributed by atoms with Crippen molar-refractivity contribution in [2.45, 2.75) is 29.6 Å². The Morgan fingerprint density at radius 3 is 2.21 bits per heavy atom. The Morgan fingerprint density at radius 2 is 1.59 bits per heavy atom. The van der Waals surface area contributed by atoms with Crippen LogP contribution in [0.1, 0.15) is 19.8 Å². The molecule has 158 valence electrons. The molecule has 0 radical (unpaired) electrons. The molecule has 3 rings (SSSR count). The summed E-state index contributed by atoms with van der Waals surface area (Å²) in [6.45, 7) is 2.98. The Labute approximate surface area is 185 Å². The van der Waals surface area contributed by atoms with E-state index in [2.05, 4.69) is 4.72 Å². The van der Waals surface area contributed by atoms with Crippen molar-refractivity contribution in [3.63, 3.8) is 0 Å². The van der Waals surface area contributed by atoms with Gasteiger partial charge in [-0.3, -0.25) is 4.72 Å². The van der Waals surface area contributed by atoms with Crippen LogP contribution in [0.3, 0.4) is 0 Å². The summed E-state index contributed by atoms with van der Waals surface area (Å²) in [6, 6.07) is 7.94. The average molecular weight is 498 g/mol. The van der Waals surface area contributed by atoms with Crippen LogP contribution in [-0.2, 0) is 20.0 Å². The molecule has 0 spiro atoms. The molecule has 1 atom stereocenters. The molecule has 2 aromatic carbocycles. The second-order valence-corrected chi connectivity index (χ2v) is 11.7. The van der Waals surface area contributed by atoms with Crippen molar-refractivity contribution in [3.05, 3.63) is 51.5 Å². The molecule has 0 aliphatic carbocycles. The minimum Gasteiger partial charge on any atom is -0.280 e. The molecule has 11 heteroatoms. The smallest absolute Gasteiger partial charge is 0.263 e. The van der Waals surface area contributed by atoms with Gasteiger partial charge in [-0.1, -0.05) is 41.7 Å². The van der Waals surface area contributed by atoms with Crippen LogP contribution in [-0.4, -0.2) is 34.2 Å². The van der Waals surface area contributed by atoms with Gasteiger partial charge in [0, 0.05) is 18.8 Å². The Balaban J connectivity index is 1.83. The number of hydrogen-bond donors (Lipinski definition) is 1. The van der Waals surface area contributed by atoms with E-state index >= 15 is 0 Å². The predicted molar refractivity (Wildman–Crippen MR) is 116 cm³/mol. The molecule has 1 saturated heterocycles. The second-order valence-electron chi connectivity index (χ2n) is 6.94. The first kappa shape index (κ1) is 22.7. The molecule has 1 fully saturated rings. The van der Waals surface area contributed by atoms with E-state index in [-0.39, 0.29) is 30.5 Å². The summed E-state index contributed by atoms with van der Waals surface area (Å²) in [5.41, 5.74) is 0.193. The molecule has 1 N–H and O–H groups in total. The third kappa shape index (κ3) is 5.00. The standard InChI is InChI=1S/C18H19Cl3N2O4S2/c1-12-3-2-8-23(11-12)29(26,27)14-6-4-13(5-7-14)22-28(24,25)18-10-16(20)15(19)9-17(18)21/h4-7,9-10,12,22H,2-3,8,11H2,1H3/t12-/m1/s1. The number of rotatable bonds is 5. The quantitative estimate of drug-likeness (QED) is 0.597. The summed E-state index contributed by atoms with van der Waals surface area (Å²) in [5.74, 6) is 0.306. The van der Waals surface area contributed by atoms with Crippen LogP contribution >= 0.6 is 34.8 Å². The molecular weight excluding hydrogens is 479 g/mol. The molecule has 6 nitrogen and oxygen atoms in total. The number of sulfonamides is 2. The highest BCUT2D eigenvalue weighted by molar-refractivity contribution is 7.92. The van der Waals surface area contributed by atoms with E-state index in [4.69, 9.17) is 34.8 Å². The van der Waals surface area contributed by atoms with Crippen molar-refractivity contribution < 1.29 is 16.8 Å². The van der Waals surface area contributed by atoms with Crippen LogP contribution in [0.4, 0.5) is 5.69 Å². The number of halogens is 3. The van der Waals surface area contributed by atoms with Gasteiger partial charge in [0.1, 0.15) is 4.90 Å². The molecule has 0 amide bonds. The van der Waals surface area contributed by atoms with Gasteiger partial charge in [-0.15, -0.1) is 0 Å². The Morgan fingerprint density at radius 1 is 0.966 bits per heavy atom. The average Bonchev–Trinajstić information content (AvgIpc) is 2.64. The molecule has 0 aromatic heterocycles. The first-order valence-electron chi connectivity index (χ1n) is 8.78. The largest absolute Gasteiger partial charge is 0.280 e. The summed E-state index contributed by atoms with van der Waals surface area (Å²) < 4.78 is 54.7. The minimum atomic E-state index is -4.04. The van der Waals surface area contributed by atoms with Crippen LogP contribution in [0.5, 0.6) is 0 Å². The van der Waals surface area contributed by atoms with Gasteiger partial charge in [0.25, 0.3) is 10.0 Å². The fourth-order valence-electron chi connectivity index (χ4n) is 3.13. The minimum absolute atomic E-state index is 0.0497. The summed E-state index contributed by atoms with van der Waals surface area (Å²) in [5, 5.41) is 0.108. The zero-order valence-electron chi connectivity index (χ0n) is 15.4. The van der Waals surface area contributed by atoms with Crippen LogP contribution < -0.4 is 4.72 Å². The number of nitrogens with zero attached hydrogens (tertiary/aromatic N) is 1. The van der Waals surface area contributed by atoms with Crippen molar-refractivity contribution in [1.29, 1.82) is 0 Å². The maximum Gasteiger partial charge on any atom is 0.263 e. The van der Waals surface area contributed by atoms with Gasteiger partial charge >= 0.3 is 0 Å². The zero-order valence-corrected chi connectivity index (χ0v) is 19.3. The van der Waals surface area contributed by atoms with E-state index in [0.717, 1.165) is 18.9 Å². The van der Waals surface area contributed by atoms with E-state index in [1.807, 2.05) is 6.92 Å². The SMILES string of the molecule is C[C@@H]1CCCN(S(=O)(=O)c2ccc(NS(=O)(=O)c3cc(Cl)c(Cl)cc3Cl)cc2)C1. The van der Waals surface area contributed by atoms with E-state index < -0.39 is 20.0 Å². The molecule has 2 aromatic rings. The van der Waals surface area contributed by atoms with Crippen LogP contribution in [0.2, 0.25) is 15.1 Å². The van der Waals surface area contributed by atoms with Crippen LogP contribution in [0, 0.1) is 5.92 Å². The predicted octanol–water partition coefficient (Wildman–Crippen LogP) is 4.87. The lowest BCUT2D eigenvalue weighted by molar-refractivity contribution is 0.281. The van der Waals surface area contributed by atoms with Gasteiger partial charge in [0.15, 0.2) is 0 Å². The summed E-state index contributed by atoms with van der Waals surface area (Å²) in [4.78, 5) is -0.116. The van der Waals surface area contributed by atoms with Gasteiger partial charge in [-0.05, 0) is 55.2 Å². The van der Waals surface area contributed by atoms with Gasteiger partial charge in [0.05, 0.1) is 20.0 Å². The van der Waals surface area contributed by atoms with Gasteiger partial charge in [0.2, 0.25) is 10.0 Å². The fourth-order valence-corrected chi connectivity index (χ4v) is 6.79. The summed E-state index contributed by atoms with van der Waals surface area (Å²) >= 11 is 17.7. The van der Waals surface area contributed by atoms with E-state index in [0.29, 0.717) is 19.0 Å². The molecule has 1 aliphatic rings. The van der Waals surface area contributed by atoms with Gasteiger partial charge in [-0.2, -0.15) is 4.31 Å². The van der Waals surface area contributed by atoms with E-state index in [1.54, 1.807) is 0 Å². The normalized spacial score (nSPS) is 18.6. The van der Waals surface area contributed by atoms with Gasteiger partial charge < -0.3 is 0 Å². The molecule has 0 saturated carbocycles. The molecule has 29 heavy (non-hydrogen) atoms. The maximum atomic E-state index is 12.8. The molecule has 0 bridgehead atoms. The van der Waals surface area contributed by atoms with Crippen molar-refractivity contribution >= 4 is 60.5 Å². The Kier molecular flexibility index (Phi) is 6.72. The lowest BCUT2D eigenvalue weighted by Gasteiger charge is -2.30. The third-order valence-electron chi connectivity index (χ3n) is 4.63. The molecule has 1 aliphatic heterocycles.